The second-order valence-electron chi connectivity index (χ2n) is 5.88. The predicted molar refractivity (Wildman–Crippen MR) is 90.5 cm³/mol. The van der Waals surface area contributed by atoms with Crippen LogP contribution in [0.5, 0.6) is 0 Å². The standard InChI is InChI=1S/C14H20Cl2N2O4S/c1-14(2,3)22-13(19)18(4)8-7-17-23(20,21)10-5-6-11(15)12(16)9-10/h5-6,9,17H,7-8H2,1-4H3. The number of carbonyl (C=O) groups excluding carboxylic acids is 1. The van der Waals surface area contributed by atoms with E-state index in [0.717, 1.165) is 0 Å². The highest BCUT2D eigenvalue weighted by atomic mass is 35.5. The van der Waals surface area contributed by atoms with Crippen molar-refractivity contribution in [2.75, 3.05) is 20.1 Å². The van der Waals surface area contributed by atoms with E-state index in [1.165, 1.54) is 30.1 Å². The topological polar surface area (TPSA) is 75.7 Å². The fourth-order valence-corrected chi connectivity index (χ4v) is 2.92. The van der Waals surface area contributed by atoms with Crippen molar-refractivity contribution < 1.29 is 17.9 Å². The van der Waals surface area contributed by atoms with Gasteiger partial charge in [0.25, 0.3) is 0 Å². The average Bonchev–Trinajstić information content (AvgIpc) is 2.39. The first-order valence-corrected chi connectivity index (χ1v) is 9.05. The van der Waals surface area contributed by atoms with Crippen LogP contribution in [-0.2, 0) is 14.8 Å². The van der Waals surface area contributed by atoms with Crippen molar-refractivity contribution in [2.24, 2.45) is 0 Å². The SMILES string of the molecule is CN(CCNS(=O)(=O)c1ccc(Cl)c(Cl)c1)C(=O)OC(C)(C)C. The monoisotopic (exact) mass is 382 g/mol. The maximum absolute atomic E-state index is 12.1. The van der Waals surface area contributed by atoms with Crippen molar-refractivity contribution in [3.8, 4) is 0 Å². The molecule has 130 valence electrons. The number of nitrogens with zero attached hydrogens (tertiary/aromatic N) is 1. The van der Waals surface area contributed by atoms with Crippen molar-refractivity contribution >= 4 is 39.3 Å². The number of ether oxygens (including phenoxy) is 1. The molecule has 0 saturated heterocycles. The van der Waals surface area contributed by atoms with Crippen LogP contribution in [0.1, 0.15) is 20.8 Å². The molecule has 0 unspecified atom stereocenters. The molecule has 0 aliphatic carbocycles. The van der Waals surface area contributed by atoms with Crippen LogP contribution < -0.4 is 4.72 Å². The lowest BCUT2D eigenvalue weighted by atomic mass is 10.2. The smallest absolute Gasteiger partial charge is 0.410 e. The summed E-state index contributed by atoms with van der Waals surface area (Å²) < 4.78 is 31.8. The van der Waals surface area contributed by atoms with Gasteiger partial charge in [0.1, 0.15) is 5.60 Å². The largest absolute Gasteiger partial charge is 0.444 e. The molecule has 1 aromatic rings. The molecule has 9 heteroatoms. The lowest BCUT2D eigenvalue weighted by molar-refractivity contribution is 0.0302. The van der Waals surface area contributed by atoms with Gasteiger partial charge >= 0.3 is 6.09 Å². The van der Waals surface area contributed by atoms with Crippen LogP contribution in [0.4, 0.5) is 4.79 Å². The molecule has 23 heavy (non-hydrogen) atoms. The van der Waals surface area contributed by atoms with Crippen LogP contribution in [0.25, 0.3) is 0 Å². The Balaban J connectivity index is 2.60. The molecule has 6 nitrogen and oxygen atoms in total. The van der Waals surface area contributed by atoms with Crippen LogP contribution >= 0.6 is 23.2 Å². The molecule has 0 heterocycles. The first-order chi connectivity index (χ1) is 10.4. The van der Waals surface area contributed by atoms with Gasteiger partial charge in [-0.2, -0.15) is 0 Å². The van der Waals surface area contributed by atoms with E-state index in [1.54, 1.807) is 20.8 Å². The zero-order chi connectivity index (χ0) is 17.8. The molecule has 0 saturated carbocycles. The molecule has 0 aliphatic rings. The van der Waals surface area contributed by atoms with Crippen LogP contribution in [0.3, 0.4) is 0 Å². The summed E-state index contributed by atoms with van der Waals surface area (Å²) in [6.45, 7) is 5.47. The number of halogens is 2. The first kappa shape index (κ1) is 20.0. The number of hydrogen-bond donors (Lipinski definition) is 1. The number of amides is 1. The van der Waals surface area contributed by atoms with Gasteiger partial charge in [0.2, 0.25) is 10.0 Å². The number of rotatable bonds is 5. The molecule has 0 bridgehead atoms. The Morgan fingerprint density at radius 2 is 1.87 bits per heavy atom. The minimum absolute atomic E-state index is 0.00632. The van der Waals surface area contributed by atoms with E-state index in [4.69, 9.17) is 27.9 Å². The predicted octanol–water partition coefficient (Wildman–Crippen LogP) is 3.14. The summed E-state index contributed by atoms with van der Waals surface area (Å²) in [6.07, 6.45) is -0.522. The van der Waals surface area contributed by atoms with Crippen LogP contribution in [0, 0.1) is 0 Å². The van der Waals surface area contributed by atoms with E-state index in [0.29, 0.717) is 0 Å². The normalized spacial score (nSPS) is 12.1. The fraction of sp³-hybridized carbons (Fsp3) is 0.500. The Morgan fingerprint density at radius 1 is 1.26 bits per heavy atom. The lowest BCUT2D eigenvalue weighted by Gasteiger charge is -2.24. The van der Waals surface area contributed by atoms with E-state index < -0.39 is 21.7 Å². The average molecular weight is 383 g/mol. The van der Waals surface area contributed by atoms with Crippen molar-refractivity contribution in [2.45, 2.75) is 31.3 Å². The van der Waals surface area contributed by atoms with Gasteiger partial charge in [-0.05, 0) is 39.0 Å². The fourth-order valence-electron chi connectivity index (χ4n) is 1.51. The van der Waals surface area contributed by atoms with Gasteiger partial charge in [0.15, 0.2) is 0 Å². The maximum Gasteiger partial charge on any atom is 0.410 e. The molecule has 0 spiro atoms. The van der Waals surface area contributed by atoms with E-state index in [9.17, 15) is 13.2 Å². The number of carbonyl (C=O) groups is 1. The molecular formula is C14H20Cl2N2O4S. The van der Waals surface area contributed by atoms with Gasteiger partial charge in [-0.25, -0.2) is 17.9 Å². The molecule has 0 aliphatic heterocycles. The number of sulfonamides is 1. The minimum atomic E-state index is -3.73. The Bertz CT molecular complexity index is 672. The van der Waals surface area contributed by atoms with Crippen molar-refractivity contribution in [3.05, 3.63) is 28.2 Å². The molecular weight excluding hydrogens is 363 g/mol. The summed E-state index contributed by atoms with van der Waals surface area (Å²) >= 11 is 11.6. The summed E-state index contributed by atoms with van der Waals surface area (Å²) in [6, 6.07) is 4.03. The number of nitrogens with one attached hydrogen (secondary N) is 1. The molecule has 1 rings (SSSR count). The van der Waals surface area contributed by atoms with E-state index in [2.05, 4.69) is 4.72 Å². The van der Waals surface area contributed by atoms with Crippen LogP contribution in [0.2, 0.25) is 10.0 Å². The summed E-state index contributed by atoms with van der Waals surface area (Å²) in [5.74, 6) is 0. The first-order valence-electron chi connectivity index (χ1n) is 6.81. The van der Waals surface area contributed by atoms with Gasteiger partial charge in [0, 0.05) is 20.1 Å². The second-order valence-corrected chi connectivity index (χ2v) is 8.46. The third kappa shape index (κ3) is 6.55. The van der Waals surface area contributed by atoms with Crippen LogP contribution in [-0.4, -0.2) is 45.1 Å². The molecule has 0 fully saturated rings. The molecule has 0 atom stereocenters. The Kier molecular flexibility index (Phi) is 6.70. The number of benzene rings is 1. The van der Waals surface area contributed by atoms with Gasteiger partial charge in [-0.3, -0.25) is 0 Å². The highest BCUT2D eigenvalue weighted by Gasteiger charge is 2.20. The summed E-state index contributed by atoms with van der Waals surface area (Å²) in [5.41, 5.74) is -0.606. The van der Waals surface area contributed by atoms with Gasteiger partial charge < -0.3 is 9.64 Å². The van der Waals surface area contributed by atoms with Crippen LogP contribution in [0.15, 0.2) is 23.1 Å². The van der Waals surface area contributed by atoms with Gasteiger partial charge in [0.05, 0.1) is 14.9 Å². The Labute approximate surface area is 146 Å². The Hall–Kier alpha value is -1.02. The zero-order valence-electron chi connectivity index (χ0n) is 13.4. The highest BCUT2D eigenvalue weighted by molar-refractivity contribution is 7.89. The third-order valence-corrected chi connectivity index (χ3v) is 4.84. The van der Waals surface area contributed by atoms with Gasteiger partial charge in [-0.15, -0.1) is 0 Å². The maximum atomic E-state index is 12.1. The number of hydrogen-bond acceptors (Lipinski definition) is 4. The molecule has 1 aromatic carbocycles. The van der Waals surface area contributed by atoms with Gasteiger partial charge in [-0.1, -0.05) is 23.2 Å². The summed E-state index contributed by atoms with van der Waals surface area (Å²) in [5, 5.41) is 0.427. The third-order valence-electron chi connectivity index (χ3n) is 2.65. The lowest BCUT2D eigenvalue weighted by Crippen LogP contribution is -2.39. The van der Waals surface area contributed by atoms with E-state index >= 15 is 0 Å². The molecule has 0 aromatic heterocycles. The second kappa shape index (κ2) is 7.70. The van der Waals surface area contributed by atoms with Crippen molar-refractivity contribution in [1.29, 1.82) is 0 Å². The molecule has 0 radical (unpaired) electrons. The minimum Gasteiger partial charge on any atom is -0.444 e. The highest BCUT2D eigenvalue weighted by Crippen LogP contribution is 2.24. The number of likely N-dealkylation sites (N-methyl/N-ethyl adjacent to an activating group) is 1. The molecule has 1 N–H and O–H groups in total. The van der Waals surface area contributed by atoms with E-state index in [-0.39, 0.29) is 28.0 Å². The zero-order valence-corrected chi connectivity index (χ0v) is 15.7. The Morgan fingerprint density at radius 3 is 2.39 bits per heavy atom. The summed E-state index contributed by atoms with van der Waals surface area (Å²) in [7, 11) is -2.20. The van der Waals surface area contributed by atoms with E-state index in [1.807, 2.05) is 0 Å². The van der Waals surface area contributed by atoms with Crippen molar-refractivity contribution in [3.63, 3.8) is 0 Å². The quantitative estimate of drug-likeness (QED) is 0.848. The molecule has 1 amide bonds. The summed E-state index contributed by atoms with van der Waals surface area (Å²) in [4.78, 5) is 13.1. The van der Waals surface area contributed by atoms with Crippen molar-refractivity contribution in [1.82, 2.24) is 9.62 Å².